The molecular weight excluding hydrogens is 233 g/mol. The Morgan fingerprint density at radius 2 is 2.07 bits per heavy atom. The first-order valence-electron chi connectivity index (χ1n) is 4.84. The quantitative estimate of drug-likeness (QED) is 0.751. The van der Waals surface area contributed by atoms with E-state index in [0.29, 0.717) is 22.4 Å². The maximum Gasteiger partial charge on any atom is 0.162 e. The summed E-state index contributed by atoms with van der Waals surface area (Å²) >= 11 is 12.0. The number of hydrogen-bond donors (Lipinski definition) is 1. The lowest BCUT2D eigenvalue weighted by Crippen LogP contribution is -2.27. The Kier molecular flexibility index (Phi) is 2.73. The van der Waals surface area contributed by atoms with Crippen LogP contribution in [0.15, 0.2) is 12.1 Å². The third-order valence-electron chi connectivity index (χ3n) is 2.41. The molecule has 1 aliphatic rings. The van der Waals surface area contributed by atoms with E-state index >= 15 is 0 Å². The molecule has 1 N–H and O–H groups in total. The molecule has 0 aliphatic carbocycles. The van der Waals surface area contributed by atoms with Gasteiger partial charge in [-0.1, -0.05) is 37.0 Å². The molecule has 0 amide bonds. The van der Waals surface area contributed by atoms with Gasteiger partial charge in [-0.15, -0.1) is 0 Å². The van der Waals surface area contributed by atoms with Crippen LogP contribution in [-0.4, -0.2) is 13.2 Å². The smallest absolute Gasteiger partial charge is 0.162 e. The fraction of sp³-hybridized carbons (Fsp3) is 0.455. The number of fused-ring (bicyclic) bond motifs is 1. The summed E-state index contributed by atoms with van der Waals surface area (Å²) in [5, 5.41) is 4.33. The highest BCUT2D eigenvalue weighted by molar-refractivity contribution is 6.43. The van der Waals surface area contributed by atoms with Crippen LogP contribution in [0, 0.1) is 5.41 Å². The fourth-order valence-corrected chi connectivity index (χ4v) is 1.83. The number of anilines is 1. The number of rotatable bonds is 0. The molecule has 0 aromatic heterocycles. The zero-order valence-corrected chi connectivity index (χ0v) is 10.2. The van der Waals surface area contributed by atoms with Gasteiger partial charge in [0.05, 0.1) is 17.3 Å². The Bertz CT molecular complexity index is 390. The van der Waals surface area contributed by atoms with Crippen LogP contribution in [-0.2, 0) is 0 Å². The first-order chi connectivity index (χ1) is 6.99. The fourth-order valence-electron chi connectivity index (χ4n) is 1.47. The normalized spacial score (nSPS) is 18.4. The molecule has 0 saturated heterocycles. The molecule has 15 heavy (non-hydrogen) atoms. The Hall–Kier alpha value is -0.600. The van der Waals surface area contributed by atoms with Crippen LogP contribution in [0.2, 0.25) is 10.0 Å². The van der Waals surface area contributed by atoms with Crippen molar-refractivity contribution in [1.82, 2.24) is 0 Å². The summed E-state index contributed by atoms with van der Waals surface area (Å²) in [5.41, 5.74) is 1.00. The van der Waals surface area contributed by atoms with Gasteiger partial charge < -0.3 is 10.1 Å². The van der Waals surface area contributed by atoms with Crippen molar-refractivity contribution in [3.8, 4) is 5.75 Å². The average molecular weight is 246 g/mol. The molecule has 1 heterocycles. The summed E-state index contributed by atoms with van der Waals surface area (Å²) in [5.74, 6) is 0.662. The first-order valence-corrected chi connectivity index (χ1v) is 5.60. The van der Waals surface area contributed by atoms with E-state index in [0.717, 1.165) is 12.2 Å². The molecule has 0 radical (unpaired) electrons. The van der Waals surface area contributed by atoms with Gasteiger partial charge in [0.1, 0.15) is 5.02 Å². The van der Waals surface area contributed by atoms with Gasteiger partial charge in [0.15, 0.2) is 5.75 Å². The van der Waals surface area contributed by atoms with E-state index in [1.54, 1.807) is 6.07 Å². The van der Waals surface area contributed by atoms with E-state index < -0.39 is 0 Å². The Labute approximate surface area is 99.5 Å². The van der Waals surface area contributed by atoms with Crippen molar-refractivity contribution in [3.63, 3.8) is 0 Å². The van der Waals surface area contributed by atoms with Crippen molar-refractivity contribution < 1.29 is 4.74 Å². The van der Waals surface area contributed by atoms with Gasteiger partial charge >= 0.3 is 0 Å². The van der Waals surface area contributed by atoms with Crippen molar-refractivity contribution in [1.29, 1.82) is 0 Å². The average Bonchev–Trinajstić information content (AvgIpc) is 2.32. The number of ether oxygens (including phenoxy) is 1. The molecule has 4 heteroatoms. The van der Waals surface area contributed by atoms with Crippen molar-refractivity contribution in [2.45, 2.75) is 13.8 Å². The molecule has 0 unspecified atom stereocenters. The minimum absolute atomic E-state index is 0.0921. The minimum Gasteiger partial charge on any atom is -0.489 e. The van der Waals surface area contributed by atoms with Gasteiger partial charge in [0.2, 0.25) is 0 Å². The number of hydrogen-bond acceptors (Lipinski definition) is 2. The van der Waals surface area contributed by atoms with Crippen LogP contribution in [0.1, 0.15) is 13.8 Å². The summed E-state index contributed by atoms with van der Waals surface area (Å²) in [6, 6.07) is 3.67. The number of nitrogens with one attached hydrogen (secondary N) is 1. The van der Waals surface area contributed by atoms with Gasteiger partial charge in [-0.25, -0.2) is 0 Å². The van der Waals surface area contributed by atoms with Gasteiger partial charge in [-0.3, -0.25) is 0 Å². The summed E-state index contributed by atoms with van der Waals surface area (Å²) < 4.78 is 5.70. The standard InChI is InChI=1S/C11H13Cl2NO/c1-11(2)5-14-8-4-3-7(12)9(13)10(8)15-6-11/h3-4,14H,5-6H2,1-2H3. The van der Waals surface area contributed by atoms with E-state index in [4.69, 9.17) is 27.9 Å². The highest BCUT2D eigenvalue weighted by Crippen LogP contribution is 2.41. The molecule has 0 saturated carbocycles. The van der Waals surface area contributed by atoms with Crippen molar-refractivity contribution in [2.24, 2.45) is 5.41 Å². The highest BCUT2D eigenvalue weighted by Gasteiger charge is 2.25. The van der Waals surface area contributed by atoms with Gasteiger partial charge in [0.25, 0.3) is 0 Å². The Morgan fingerprint density at radius 1 is 1.33 bits per heavy atom. The SMILES string of the molecule is CC1(C)CNc2ccc(Cl)c(Cl)c2OC1. The third kappa shape index (κ3) is 2.16. The van der Waals surface area contributed by atoms with Crippen molar-refractivity contribution in [2.75, 3.05) is 18.5 Å². The van der Waals surface area contributed by atoms with Crippen LogP contribution in [0.3, 0.4) is 0 Å². The largest absolute Gasteiger partial charge is 0.489 e. The minimum atomic E-state index is 0.0921. The Morgan fingerprint density at radius 3 is 2.80 bits per heavy atom. The zero-order valence-electron chi connectivity index (χ0n) is 8.73. The monoisotopic (exact) mass is 245 g/mol. The topological polar surface area (TPSA) is 21.3 Å². The molecular formula is C11H13Cl2NO. The number of halogens is 2. The second kappa shape index (κ2) is 3.76. The third-order valence-corrected chi connectivity index (χ3v) is 3.20. The maximum absolute atomic E-state index is 6.08. The predicted octanol–water partition coefficient (Wildman–Crippen LogP) is 3.82. The van der Waals surface area contributed by atoms with Crippen LogP contribution in [0.4, 0.5) is 5.69 Å². The van der Waals surface area contributed by atoms with E-state index in [9.17, 15) is 0 Å². The molecule has 2 rings (SSSR count). The van der Waals surface area contributed by atoms with E-state index in [2.05, 4.69) is 19.2 Å². The summed E-state index contributed by atoms with van der Waals surface area (Å²) in [6.07, 6.45) is 0. The second-order valence-electron chi connectivity index (χ2n) is 4.54. The van der Waals surface area contributed by atoms with Gasteiger partial charge in [-0.2, -0.15) is 0 Å². The molecule has 0 atom stereocenters. The molecule has 0 bridgehead atoms. The zero-order chi connectivity index (χ0) is 11.1. The number of benzene rings is 1. The molecule has 1 aromatic rings. The van der Waals surface area contributed by atoms with Gasteiger partial charge in [0, 0.05) is 12.0 Å². The lowest BCUT2D eigenvalue weighted by atomic mass is 9.95. The summed E-state index contributed by atoms with van der Waals surface area (Å²) in [4.78, 5) is 0. The molecule has 82 valence electrons. The maximum atomic E-state index is 6.08. The predicted molar refractivity (Wildman–Crippen MR) is 64.2 cm³/mol. The molecule has 1 aromatic carbocycles. The van der Waals surface area contributed by atoms with Gasteiger partial charge in [-0.05, 0) is 12.1 Å². The van der Waals surface area contributed by atoms with Crippen molar-refractivity contribution >= 4 is 28.9 Å². The summed E-state index contributed by atoms with van der Waals surface area (Å²) in [7, 11) is 0. The summed E-state index contributed by atoms with van der Waals surface area (Å²) in [6.45, 7) is 5.77. The molecule has 2 nitrogen and oxygen atoms in total. The van der Waals surface area contributed by atoms with E-state index in [1.807, 2.05) is 6.07 Å². The second-order valence-corrected chi connectivity index (χ2v) is 5.33. The van der Waals surface area contributed by atoms with Crippen LogP contribution in [0.5, 0.6) is 5.75 Å². The van der Waals surface area contributed by atoms with Crippen molar-refractivity contribution in [3.05, 3.63) is 22.2 Å². The van der Waals surface area contributed by atoms with Crippen LogP contribution >= 0.6 is 23.2 Å². The Balaban J connectivity index is 2.40. The first kappa shape index (κ1) is 10.9. The lowest BCUT2D eigenvalue weighted by molar-refractivity contribution is 0.200. The van der Waals surface area contributed by atoms with Crippen LogP contribution in [0.25, 0.3) is 0 Å². The molecule has 0 spiro atoms. The van der Waals surface area contributed by atoms with Crippen LogP contribution < -0.4 is 10.1 Å². The lowest BCUT2D eigenvalue weighted by Gasteiger charge is -2.20. The molecule has 0 fully saturated rings. The van der Waals surface area contributed by atoms with E-state index in [-0.39, 0.29) is 5.41 Å². The van der Waals surface area contributed by atoms with E-state index in [1.165, 1.54) is 0 Å². The molecule has 1 aliphatic heterocycles. The highest BCUT2D eigenvalue weighted by atomic mass is 35.5.